The minimum Gasteiger partial charge on any atom is -0.507 e. The SMILES string of the molecule is O=C(/C=C/c1c(N2CCOCC2)c2ccccc2oc1=O)c1ccc(N=Cc2ccccc2O)cc1. The molecule has 1 fully saturated rings. The standard InChI is InChI=1S/C29H24N2O5/c32-25-7-3-1-5-21(25)19-30-22-11-9-20(10-12-22)26(33)14-13-24-28(31-15-17-35-18-16-31)23-6-2-4-8-27(23)36-29(24)34/h1-14,19,32H,15-18H2/b14-13+,30-19?. The molecule has 0 bridgehead atoms. The van der Waals surface area contributed by atoms with Crippen LogP contribution in [0.2, 0.25) is 0 Å². The van der Waals surface area contributed by atoms with Gasteiger partial charge in [-0.2, -0.15) is 0 Å². The minimum atomic E-state index is -0.493. The number of ketones is 1. The van der Waals surface area contributed by atoms with E-state index in [1.54, 1.807) is 54.7 Å². The van der Waals surface area contributed by atoms with E-state index in [2.05, 4.69) is 9.89 Å². The third-order valence-electron chi connectivity index (χ3n) is 5.99. The zero-order valence-corrected chi connectivity index (χ0v) is 19.5. The number of rotatable bonds is 6. The Hall–Kier alpha value is -4.49. The van der Waals surface area contributed by atoms with Crippen LogP contribution in [0, 0.1) is 0 Å². The highest BCUT2D eigenvalue weighted by atomic mass is 16.5. The monoisotopic (exact) mass is 480 g/mol. The molecule has 2 heterocycles. The van der Waals surface area contributed by atoms with Gasteiger partial charge in [-0.05, 0) is 60.7 Å². The summed E-state index contributed by atoms with van der Waals surface area (Å²) in [6.45, 7) is 2.42. The van der Waals surface area contributed by atoms with Gasteiger partial charge < -0.3 is 19.2 Å². The Kier molecular flexibility index (Phi) is 6.73. The molecule has 1 aromatic heterocycles. The molecule has 0 unspecified atom stereocenters. The van der Waals surface area contributed by atoms with E-state index in [0.717, 1.165) is 11.1 Å². The van der Waals surface area contributed by atoms with E-state index in [9.17, 15) is 14.7 Å². The Bertz CT molecular complexity index is 1510. The lowest BCUT2D eigenvalue weighted by Gasteiger charge is -2.30. The van der Waals surface area contributed by atoms with Gasteiger partial charge in [-0.15, -0.1) is 0 Å². The van der Waals surface area contributed by atoms with Crippen LogP contribution >= 0.6 is 0 Å². The van der Waals surface area contributed by atoms with Gasteiger partial charge in [0.15, 0.2) is 5.78 Å². The van der Waals surface area contributed by atoms with Crippen LogP contribution in [-0.2, 0) is 4.74 Å². The van der Waals surface area contributed by atoms with Gasteiger partial charge in [0, 0.05) is 35.8 Å². The van der Waals surface area contributed by atoms with Crippen LogP contribution in [0.5, 0.6) is 5.75 Å². The zero-order valence-electron chi connectivity index (χ0n) is 19.5. The van der Waals surface area contributed by atoms with Gasteiger partial charge in [0.05, 0.1) is 30.2 Å². The molecule has 1 N–H and O–H groups in total. The number of phenolic OH excluding ortho intramolecular Hbond substituents is 1. The van der Waals surface area contributed by atoms with E-state index in [4.69, 9.17) is 9.15 Å². The topological polar surface area (TPSA) is 92.3 Å². The summed E-state index contributed by atoms with van der Waals surface area (Å²) in [6, 6.07) is 21.1. The van der Waals surface area contributed by atoms with E-state index in [1.165, 1.54) is 12.2 Å². The molecule has 5 rings (SSSR count). The van der Waals surface area contributed by atoms with Gasteiger partial charge in [-0.25, -0.2) is 4.79 Å². The lowest BCUT2D eigenvalue weighted by Crippen LogP contribution is -2.37. The molecule has 7 heteroatoms. The lowest BCUT2D eigenvalue weighted by molar-refractivity contribution is 0.104. The molecular weight excluding hydrogens is 456 g/mol. The predicted molar refractivity (Wildman–Crippen MR) is 141 cm³/mol. The van der Waals surface area contributed by atoms with Crippen molar-refractivity contribution >= 4 is 40.4 Å². The Morgan fingerprint density at radius 1 is 0.944 bits per heavy atom. The van der Waals surface area contributed by atoms with Crippen LogP contribution < -0.4 is 10.5 Å². The highest BCUT2D eigenvalue weighted by molar-refractivity contribution is 6.08. The number of morpholine rings is 1. The number of aliphatic imine (C=N–C) groups is 1. The van der Waals surface area contributed by atoms with Crippen molar-refractivity contribution in [3.63, 3.8) is 0 Å². The number of aromatic hydroxyl groups is 1. The number of carbonyl (C=O) groups is 1. The van der Waals surface area contributed by atoms with Crippen molar-refractivity contribution in [3.8, 4) is 5.75 Å². The molecule has 0 atom stereocenters. The lowest BCUT2D eigenvalue weighted by atomic mass is 10.1. The van der Waals surface area contributed by atoms with Crippen LogP contribution in [0.15, 0.2) is 93.1 Å². The molecule has 4 aromatic rings. The zero-order chi connectivity index (χ0) is 24.9. The van der Waals surface area contributed by atoms with Gasteiger partial charge in [0.1, 0.15) is 11.3 Å². The van der Waals surface area contributed by atoms with Crippen molar-refractivity contribution in [1.29, 1.82) is 0 Å². The summed E-state index contributed by atoms with van der Waals surface area (Å²) in [5.74, 6) is -0.0977. The summed E-state index contributed by atoms with van der Waals surface area (Å²) in [5, 5.41) is 10.7. The number of para-hydroxylation sites is 2. The number of fused-ring (bicyclic) bond motifs is 1. The number of anilines is 1. The first-order valence-electron chi connectivity index (χ1n) is 11.6. The number of ether oxygens (including phenoxy) is 1. The van der Waals surface area contributed by atoms with Crippen LogP contribution in [-0.4, -0.2) is 43.4 Å². The second-order valence-electron chi connectivity index (χ2n) is 8.31. The first-order chi connectivity index (χ1) is 17.6. The number of hydrogen-bond donors (Lipinski definition) is 1. The third kappa shape index (κ3) is 4.96. The summed E-state index contributed by atoms with van der Waals surface area (Å²) in [5.41, 5.74) is 2.82. The number of allylic oxidation sites excluding steroid dienone is 1. The highest BCUT2D eigenvalue weighted by Gasteiger charge is 2.20. The van der Waals surface area contributed by atoms with Gasteiger partial charge in [0.2, 0.25) is 0 Å². The van der Waals surface area contributed by atoms with E-state index < -0.39 is 5.63 Å². The second kappa shape index (κ2) is 10.4. The summed E-state index contributed by atoms with van der Waals surface area (Å²) in [6.07, 6.45) is 4.50. The number of hydrogen-bond acceptors (Lipinski definition) is 7. The maximum absolute atomic E-state index is 12.9. The molecule has 0 saturated carbocycles. The van der Waals surface area contributed by atoms with Gasteiger partial charge in [0.25, 0.3) is 0 Å². The van der Waals surface area contributed by atoms with E-state index in [0.29, 0.717) is 54.3 Å². The summed E-state index contributed by atoms with van der Waals surface area (Å²) in [4.78, 5) is 32.2. The molecule has 1 saturated heterocycles. The van der Waals surface area contributed by atoms with Crippen molar-refractivity contribution in [2.45, 2.75) is 0 Å². The van der Waals surface area contributed by atoms with Crippen LogP contribution in [0.25, 0.3) is 17.0 Å². The molecule has 0 aliphatic carbocycles. The molecule has 1 aliphatic heterocycles. The minimum absolute atomic E-state index is 0.146. The molecule has 0 radical (unpaired) electrons. The van der Waals surface area contributed by atoms with Crippen molar-refractivity contribution in [1.82, 2.24) is 0 Å². The smallest absolute Gasteiger partial charge is 0.345 e. The normalized spacial score (nSPS) is 14.2. The highest BCUT2D eigenvalue weighted by Crippen LogP contribution is 2.30. The average molecular weight is 481 g/mol. The molecule has 0 amide bonds. The third-order valence-corrected chi connectivity index (χ3v) is 5.99. The van der Waals surface area contributed by atoms with Gasteiger partial charge >= 0.3 is 5.63 Å². The van der Waals surface area contributed by atoms with E-state index in [-0.39, 0.29) is 11.5 Å². The fourth-order valence-corrected chi connectivity index (χ4v) is 4.13. The molecule has 3 aromatic carbocycles. The van der Waals surface area contributed by atoms with Crippen LogP contribution in [0.4, 0.5) is 11.4 Å². The fraction of sp³-hybridized carbons (Fsp3) is 0.138. The average Bonchev–Trinajstić information content (AvgIpc) is 2.92. The molecule has 0 spiro atoms. The van der Waals surface area contributed by atoms with Crippen molar-refractivity contribution in [3.05, 3.63) is 106 Å². The predicted octanol–water partition coefficient (Wildman–Crippen LogP) is 4.98. The Labute approximate surface area is 207 Å². The number of phenols is 1. The number of carbonyl (C=O) groups excluding carboxylic acids is 1. The Morgan fingerprint density at radius 2 is 1.67 bits per heavy atom. The Morgan fingerprint density at radius 3 is 2.44 bits per heavy atom. The van der Waals surface area contributed by atoms with Crippen molar-refractivity contribution < 1.29 is 19.1 Å². The summed E-state index contributed by atoms with van der Waals surface area (Å²) < 4.78 is 11.0. The molecule has 36 heavy (non-hydrogen) atoms. The van der Waals surface area contributed by atoms with Gasteiger partial charge in [-0.3, -0.25) is 9.79 Å². The van der Waals surface area contributed by atoms with Crippen molar-refractivity contribution in [2.75, 3.05) is 31.2 Å². The molecule has 7 nitrogen and oxygen atoms in total. The van der Waals surface area contributed by atoms with E-state index in [1.807, 2.05) is 24.3 Å². The second-order valence-corrected chi connectivity index (χ2v) is 8.31. The van der Waals surface area contributed by atoms with Crippen molar-refractivity contribution in [2.24, 2.45) is 4.99 Å². The maximum Gasteiger partial charge on any atom is 0.345 e. The maximum atomic E-state index is 12.9. The molecule has 180 valence electrons. The molecule has 1 aliphatic rings. The molecular formula is C29H24N2O5. The van der Waals surface area contributed by atoms with E-state index >= 15 is 0 Å². The number of nitrogens with zero attached hydrogens (tertiary/aromatic N) is 2. The quantitative estimate of drug-likeness (QED) is 0.181. The van der Waals surface area contributed by atoms with Gasteiger partial charge in [-0.1, -0.05) is 24.3 Å². The fourth-order valence-electron chi connectivity index (χ4n) is 4.13. The van der Waals surface area contributed by atoms with Crippen LogP contribution in [0.1, 0.15) is 21.5 Å². The number of benzene rings is 3. The van der Waals surface area contributed by atoms with Crippen LogP contribution in [0.3, 0.4) is 0 Å². The summed E-state index contributed by atoms with van der Waals surface area (Å²) in [7, 11) is 0. The largest absolute Gasteiger partial charge is 0.507 e. The first-order valence-corrected chi connectivity index (χ1v) is 11.6. The Balaban J connectivity index is 1.41. The summed E-state index contributed by atoms with van der Waals surface area (Å²) >= 11 is 0. The first kappa shape index (κ1) is 23.3.